The highest BCUT2D eigenvalue weighted by Gasteiger charge is 2.45. The average molecular weight is 395 g/mol. The van der Waals surface area contributed by atoms with Crippen molar-refractivity contribution in [2.45, 2.75) is 64.3 Å². The molecule has 0 bridgehead atoms. The molecule has 0 spiro atoms. The van der Waals surface area contributed by atoms with Crippen molar-refractivity contribution in [1.29, 1.82) is 0 Å². The molecule has 8 nitrogen and oxygen atoms in total. The Morgan fingerprint density at radius 3 is 2.21 bits per heavy atom. The predicted molar refractivity (Wildman–Crippen MR) is 112 cm³/mol. The quantitative estimate of drug-likeness (QED) is 0.239. The number of nitrogens with zero attached hydrogens (tertiary/aromatic N) is 3. The largest absolute Gasteiger partial charge is 0.356 e. The molecule has 0 aliphatic carbocycles. The molecule has 1 atom stereocenters. The summed E-state index contributed by atoms with van der Waals surface area (Å²) < 4.78 is 0. The van der Waals surface area contributed by atoms with E-state index in [1.807, 2.05) is 6.92 Å². The van der Waals surface area contributed by atoms with Gasteiger partial charge in [-0.1, -0.05) is 19.8 Å². The van der Waals surface area contributed by atoms with E-state index in [9.17, 15) is 9.59 Å². The summed E-state index contributed by atoms with van der Waals surface area (Å²) in [4.78, 5) is 32.5. The van der Waals surface area contributed by atoms with Crippen LogP contribution < -0.4 is 16.0 Å². The third-order valence-corrected chi connectivity index (χ3v) is 5.77. The summed E-state index contributed by atoms with van der Waals surface area (Å²) in [6, 6.07) is -0.287. The van der Waals surface area contributed by atoms with Crippen LogP contribution in [0.5, 0.6) is 0 Å². The lowest BCUT2D eigenvalue weighted by molar-refractivity contribution is -0.130. The molecule has 2 aliphatic rings. The minimum Gasteiger partial charge on any atom is -0.356 e. The molecular weight excluding hydrogens is 356 g/mol. The number of carbonyl (C=O) groups is 2. The number of hydrogen-bond donors (Lipinski definition) is 3. The van der Waals surface area contributed by atoms with Crippen LogP contribution in [0, 0.1) is 0 Å². The number of nitrogens with one attached hydrogen (secondary N) is 3. The normalized spacial score (nSPS) is 24.2. The molecule has 3 N–H and O–H groups in total. The smallest absolute Gasteiger partial charge is 0.325 e. The van der Waals surface area contributed by atoms with Gasteiger partial charge in [-0.15, -0.1) is 0 Å². The van der Waals surface area contributed by atoms with Crippen molar-refractivity contribution in [2.24, 2.45) is 4.99 Å². The summed E-state index contributed by atoms with van der Waals surface area (Å²) >= 11 is 0. The van der Waals surface area contributed by atoms with Gasteiger partial charge in [0.15, 0.2) is 5.96 Å². The second-order valence-corrected chi connectivity index (χ2v) is 7.96. The maximum atomic E-state index is 12.4. The maximum absolute atomic E-state index is 12.4. The SMILES string of the molecule is CCC1(C)NC(=O)N(CCCNC(=NC)NCCCN2CCCCCC2)C1=O. The van der Waals surface area contributed by atoms with E-state index in [0.717, 1.165) is 25.5 Å². The molecule has 28 heavy (non-hydrogen) atoms. The van der Waals surface area contributed by atoms with Crippen LogP contribution in [0.25, 0.3) is 0 Å². The lowest BCUT2D eigenvalue weighted by atomic mass is 9.99. The highest BCUT2D eigenvalue weighted by atomic mass is 16.2. The zero-order valence-electron chi connectivity index (χ0n) is 17.9. The van der Waals surface area contributed by atoms with Crippen LogP contribution in [0.1, 0.15) is 58.8 Å². The number of likely N-dealkylation sites (tertiary alicyclic amines) is 1. The summed E-state index contributed by atoms with van der Waals surface area (Å²) in [6.07, 6.45) is 7.77. The molecule has 3 amide bonds. The van der Waals surface area contributed by atoms with E-state index in [1.54, 1.807) is 14.0 Å². The standard InChI is InChI=1S/C20H38N6O2/c1-4-20(2)17(27)26(19(28)24-20)16-10-12-23-18(21-3)22-11-9-15-25-13-7-5-6-8-14-25/h4-16H2,1-3H3,(H,24,28)(H2,21,22,23). The Morgan fingerprint density at radius 1 is 1.07 bits per heavy atom. The minimum absolute atomic E-state index is 0.129. The van der Waals surface area contributed by atoms with Crippen LogP contribution in [0.4, 0.5) is 4.79 Å². The van der Waals surface area contributed by atoms with E-state index >= 15 is 0 Å². The Balaban J connectivity index is 1.59. The molecule has 0 saturated carbocycles. The Bertz CT molecular complexity index is 545. The summed E-state index contributed by atoms with van der Waals surface area (Å²) in [6.45, 7) is 9.24. The van der Waals surface area contributed by atoms with E-state index in [1.165, 1.54) is 43.7 Å². The fourth-order valence-corrected chi connectivity index (χ4v) is 3.72. The van der Waals surface area contributed by atoms with Crippen LogP contribution in [0.2, 0.25) is 0 Å². The molecule has 160 valence electrons. The average Bonchev–Trinajstić information content (AvgIpc) is 2.88. The second kappa shape index (κ2) is 11.2. The third-order valence-electron chi connectivity index (χ3n) is 5.77. The summed E-state index contributed by atoms with van der Waals surface area (Å²) in [5.41, 5.74) is -0.754. The van der Waals surface area contributed by atoms with E-state index in [4.69, 9.17) is 0 Å². The van der Waals surface area contributed by atoms with Crippen molar-refractivity contribution in [3.8, 4) is 0 Å². The van der Waals surface area contributed by atoms with E-state index in [2.05, 4.69) is 25.8 Å². The molecule has 2 heterocycles. The van der Waals surface area contributed by atoms with Crippen molar-refractivity contribution in [1.82, 2.24) is 25.8 Å². The number of carbonyl (C=O) groups excluding carboxylic acids is 2. The minimum atomic E-state index is -0.754. The molecule has 2 aliphatic heterocycles. The Labute approximate surface area is 169 Å². The predicted octanol–water partition coefficient (Wildman–Crippen LogP) is 1.53. The van der Waals surface area contributed by atoms with Gasteiger partial charge in [0.05, 0.1) is 0 Å². The van der Waals surface area contributed by atoms with E-state index in [0.29, 0.717) is 25.9 Å². The Morgan fingerprint density at radius 2 is 1.68 bits per heavy atom. The van der Waals surface area contributed by atoms with Crippen molar-refractivity contribution in [3.05, 3.63) is 0 Å². The molecular formula is C20H38N6O2. The van der Waals surface area contributed by atoms with Crippen LogP contribution >= 0.6 is 0 Å². The van der Waals surface area contributed by atoms with Gasteiger partial charge in [0.1, 0.15) is 5.54 Å². The number of aliphatic imine (C=N–C) groups is 1. The van der Waals surface area contributed by atoms with Gasteiger partial charge in [-0.25, -0.2) is 4.79 Å². The molecule has 2 fully saturated rings. The number of imide groups is 1. The van der Waals surface area contributed by atoms with Gasteiger partial charge in [0.25, 0.3) is 5.91 Å². The molecule has 1 unspecified atom stereocenters. The number of hydrogen-bond acceptors (Lipinski definition) is 4. The summed E-state index contributed by atoms with van der Waals surface area (Å²) in [5, 5.41) is 9.39. The van der Waals surface area contributed by atoms with Crippen LogP contribution in [0.15, 0.2) is 4.99 Å². The van der Waals surface area contributed by atoms with Crippen molar-refractivity contribution < 1.29 is 9.59 Å². The van der Waals surface area contributed by atoms with Gasteiger partial charge in [-0.05, 0) is 58.7 Å². The van der Waals surface area contributed by atoms with Gasteiger partial charge in [0, 0.05) is 26.7 Å². The number of rotatable bonds is 9. The molecule has 2 saturated heterocycles. The number of amides is 3. The van der Waals surface area contributed by atoms with Crippen LogP contribution in [-0.4, -0.2) is 79.6 Å². The fourth-order valence-electron chi connectivity index (χ4n) is 3.72. The topological polar surface area (TPSA) is 89.1 Å². The Kier molecular flexibility index (Phi) is 9.02. The number of guanidine groups is 1. The molecule has 0 aromatic heterocycles. The summed E-state index contributed by atoms with van der Waals surface area (Å²) in [5.74, 6) is 0.641. The van der Waals surface area contributed by atoms with Crippen LogP contribution in [0.3, 0.4) is 0 Å². The lowest BCUT2D eigenvalue weighted by Crippen LogP contribution is -2.43. The van der Waals surface area contributed by atoms with Crippen molar-refractivity contribution in [2.75, 3.05) is 46.3 Å². The molecule has 0 radical (unpaired) electrons. The summed E-state index contributed by atoms with van der Waals surface area (Å²) in [7, 11) is 1.76. The van der Waals surface area contributed by atoms with E-state index in [-0.39, 0.29) is 11.9 Å². The second-order valence-electron chi connectivity index (χ2n) is 7.96. The first-order valence-electron chi connectivity index (χ1n) is 10.8. The molecule has 8 heteroatoms. The maximum Gasteiger partial charge on any atom is 0.325 e. The molecule has 0 aromatic rings. The van der Waals surface area contributed by atoms with Gasteiger partial charge < -0.3 is 20.9 Å². The molecule has 0 aromatic carbocycles. The first-order chi connectivity index (χ1) is 13.5. The zero-order valence-corrected chi connectivity index (χ0v) is 17.9. The first kappa shape index (κ1) is 22.5. The third kappa shape index (κ3) is 6.36. The highest BCUT2D eigenvalue weighted by molar-refractivity contribution is 6.06. The highest BCUT2D eigenvalue weighted by Crippen LogP contribution is 2.20. The molecule has 2 rings (SSSR count). The van der Waals surface area contributed by atoms with Crippen LogP contribution in [-0.2, 0) is 4.79 Å². The number of urea groups is 1. The lowest BCUT2D eigenvalue weighted by Gasteiger charge is -2.20. The van der Waals surface area contributed by atoms with Gasteiger partial charge in [-0.3, -0.25) is 14.7 Å². The zero-order chi connectivity index (χ0) is 20.4. The first-order valence-corrected chi connectivity index (χ1v) is 10.8. The van der Waals surface area contributed by atoms with Gasteiger partial charge in [0.2, 0.25) is 0 Å². The Hall–Kier alpha value is -1.83. The monoisotopic (exact) mass is 394 g/mol. The van der Waals surface area contributed by atoms with E-state index < -0.39 is 5.54 Å². The fraction of sp³-hybridized carbons (Fsp3) is 0.850. The van der Waals surface area contributed by atoms with Gasteiger partial charge in [-0.2, -0.15) is 0 Å². The van der Waals surface area contributed by atoms with Crippen molar-refractivity contribution >= 4 is 17.9 Å². The van der Waals surface area contributed by atoms with Crippen molar-refractivity contribution in [3.63, 3.8) is 0 Å². The van der Waals surface area contributed by atoms with Gasteiger partial charge >= 0.3 is 6.03 Å².